The summed E-state index contributed by atoms with van der Waals surface area (Å²) in [5.41, 5.74) is -2.35. The van der Waals surface area contributed by atoms with Gasteiger partial charge < -0.3 is 4.74 Å². The van der Waals surface area contributed by atoms with Gasteiger partial charge in [-0.05, 0) is 32.6 Å². The van der Waals surface area contributed by atoms with Gasteiger partial charge in [0, 0.05) is 6.42 Å². The summed E-state index contributed by atoms with van der Waals surface area (Å²) in [6.45, 7) is 1.98. The Hall–Kier alpha value is -0.930. The van der Waals surface area contributed by atoms with E-state index in [1.54, 1.807) is 6.92 Å². The molecular weight excluding hydrogens is 199 g/mol. The first-order valence-electron chi connectivity index (χ1n) is 5.42. The summed E-state index contributed by atoms with van der Waals surface area (Å²) >= 11 is 0. The molecule has 3 aliphatic rings. The maximum atomic E-state index is 13.8. The van der Waals surface area contributed by atoms with Gasteiger partial charge in [-0.1, -0.05) is 0 Å². The lowest BCUT2D eigenvalue weighted by Gasteiger charge is -2.46. The number of Topliss-reactive ketones (excluding diaryl/α,β-unsaturated/α-hetero) is 1. The van der Waals surface area contributed by atoms with Gasteiger partial charge in [0.25, 0.3) is 0 Å². The first-order chi connectivity index (χ1) is 7.02. The average Bonchev–Trinajstić information content (AvgIpc) is 2.18. The first kappa shape index (κ1) is 10.6. The fourth-order valence-electron chi connectivity index (χ4n) is 2.62. The van der Waals surface area contributed by atoms with Gasteiger partial charge in [-0.15, -0.1) is 0 Å². The fraction of sp³-hybridized carbons (Fsp3) is 0.818. The van der Waals surface area contributed by atoms with Crippen molar-refractivity contribution >= 4 is 11.8 Å². The molecule has 2 bridgehead atoms. The molecule has 0 aromatic rings. The SMILES string of the molecule is CCOC(=O)C12CCC(F)(CC1)CC2=O. The smallest absolute Gasteiger partial charge is 0.319 e. The van der Waals surface area contributed by atoms with Crippen LogP contribution in [0.25, 0.3) is 0 Å². The van der Waals surface area contributed by atoms with Crippen LogP contribution >= 0.6 is 0 Å². The molecule has 4 heteroatoms. The number of hydrogen-bond donors (Lipinski definition) is 0. The number of carbonyl (C=O) groups excluding carboxylic acids is 2. The topological polar surface area (TPSA) is 43.4 Å². The highest BCUT2D eigenvalue weighted by Crippen LogP contribution is 2.52. The van der Waals surface area contributed by atoms with Crippen LogP contribution in [0.2, 0.25) is 0 Å². The summed E-state index contributed by atoms with van der Waals surface area (Å²) in [6.07, 6.45) is 1.17. The second kappa shape index (κ2) is 3.29. The van der Waals surface area contributed by atoms with Crippen LogP contribution in [0, 0.1) is 5.41 Å². The highest BCUT2D eigenvalue weighted by Gasteiger charge is 2.59. The molecule has 3 nitrogen and oxygen atoms in total. The molecule has 3 aliphatic carbocycles. The Balaban J connectivity index is 2.22. The second-order valence-corrected chi connectivity index (χ2v) is 4.55. The number of ether oxygens (including phenoxy) is 1. The van der Waals surface area contributed by atoms with Crippen molar-refractivity contribution in [1.29, 1.82) is 0 Å². The van der Waals surface area contributed by atoms with Crippen LogP contribution in [0.4, 0.5) is 4.39 Å². The zero-order valence-electron chi connectivity index (χ0n) is 8.85. The molecule has 3 rings (SSSR count). The summed E-state index contributed by atoms with van der Waals surface area (Å²) in [7, 11) is 0. The molecular formula is C11H15FO3. The molecule has 0 radical (unpaired) electrons. The van der Waals surface area contributed by atoms with Crippen molar-refractivity contribution in [3.8, 4) is 0 Å². The molecule has 3 saturated carbocycles. The third kappa shape index (κ3) is 1.46. The summed E-state index contributed by atoms with van der Waals surface area (Å²) < 4.78 is 18.8. The molecule has 15 heavy (non-hydrogen) atoms. The summed E-state index contributed by atoms with van der Waals surface area (Å²) in [6, 6.07) is 0. The lowest BCUT2D eigenvalue weighted by atomic mass is 9.58. The molecule has 3 fully saturated rings. The number of carbonyl (C=O) groups is 2. The number of rotatable bonds is 2. The number of esters is 1. The molecule has 0 heterocycles. The van der Waals surface area contributed by atoms with Gasteiger partial charge in [0.2, 0.25) is 0 Å². The molecule has 0 amide bonds. The van der Waals surface area contributed by atoms with Crippen molar-refractivity contribution in [2.45, 2.75) is 44.7 Å². The molecule has 0 unspecified atom stereocenters. The Bertz CT molecular complexity index is 293. The van der Waals surface area contributed by atoms with Gasteiger partial charge in [-0.3, -0.25) is 9.59 Å². The van der Waals surface area contributed by atoms with E-state index in [1.165, 1.54) is 0 Å². The van der Waals surface area contributed by atoms with Crippen molar-refractivity contribution in [2.24, 2.45) is 5.41 Å². The van der Waals surface area contributed by atoms with Crippen LogP contribution in [-0.4, -0.2) is 24.0 Å². The van der Waals surface area contributed by atoms with Gasteiger partial charge in [-0.2, -0.15) is 0 Å². The molecule has 0 N–H and O–H groups in total. The van der Waals surface area contributed by atoms with Crippen LogP contribution < -0.4 is 0 Å². The Morgan fingerprint density at radius 3 is 2.47 bits per heavy atom. The molecule has 0 aromatic carbocycles. The third-order valence-electron chi connectivity index (χ3n) is 3.68. The minimum Gasteiger partial charge on any atom is -0.465 e. The van der Waals surface area contributed by atoms with E-state index in [0.717, 1.165) is 0 Å². The van der Waals surface area contributed by atoms with E-state index in [2.05, 4.69) is 0 Å². The zero-order valence-corrected chi connectivity index (χ0v) is 8.85. The quantitative estimate of drug-likeness (QED) is 0.520. The van der Waals surface area contributed by atoms with Crippen molar-refractivity contribution in [2.75, 3.05) is 6.61 Å². The van der Waals surface area contributed by atoms with E-state index in [9.17, 15) is 14.0 Å². The van der Waals surface area contributed by atoms with Crippen LogP contribution in [0.3, 0.4) is 0 Å². The number of halogens is 1. The van der Waals surface area contributed by atoms with Gasteiger partial charge in [0.15, 0.2) is 5.78 Å². The van der Waals surface area contributed by atoms with Crippen LogP contribution in [0.5, 0.6) is 0 Å². The van der Waals surface area contributed by atoms with Crippen molar-refractivity contribution in [1.82, 2.24) is 0 Å². The van der Waals surface area contributed by atoms with Gasteiger partial charge in [-0.25, -0.2) is 4.39 Å². The first-order valence-corrected chi connectivity index (χ1v) is 5.42. The van der Waals surface area contributed by atoms with E-state index in [0.29, 0.717) is 25.7 Å². The standard InChI is InChI=1S/C11H15FO3/c1-2-15-9(14)11-5-3-10(12,4-6-11)7-8(11)13/h2-7H2,1H3. The fourth-order valence-corrected chi connectivity index (χ4v) is 2.62. The predicted octanol–water partition coefficient (Wildman–Crippen LogP) is 1.79. The van der Waals surface area contributed by atoms with Gasteiger partial charge in [0.1, 0.15) is 11.1 Å². The monoisotopic (exact) mass is 214 g/mol. The normalized spacial score (nSPS) is 39.2. The van der Waals surface area contributed by atoms with Crippen molar-refractivity contribution < 1.29 is 18.7 Å². The van der Waals surface area contributed by atoms with Crippen LogP contribution in [0.15, 0.2) is 0 Å². The second-order valence-electron chi connectivity index (χ2n) is 4.55. The van der Waals surface area contributed by atoms with Crippen molar-refractivity contribution in [3.05, 3.63) is 0 Å². The zero-order chi connectivity index (χ0) is 11.1. The van der Waals surface area contributed by atoms with E-state index < -0.39 is 17.1 Å². The molecule has 0 atom stereocenters. The van der Waals surface area contributed by atoms with Crippen LogP contribution in [-0.2, 0) is 14.3 Å². The highest BCUT2D eigenvalue weighted by molar-refractivity contribution is 6.05. The Labute approximate surface area is 88.0 Å². The number of fused-ring (bicyclic) bond motifs is 3. The predicted molar refractivity (Wildman–Crippen MR) is 51.0 cm³/mol. The summed E-state index contributed by atoms with van der Waals surface area (Å²) in [4.78, 5) is 23.5. The Morgan fingerprint density at radius 1 is 1.40 bits per heavy atom. The van der Waals surface area contributed by atoms with Gasteiger partial charge in [0.05, 0.1) is 6.61 Å². The van der Waals surface area contributed by atoms with Crippen LogP contribution in [0.1, 0.15) is 39.0 Å². The minimum atomic E-state index is -1.34. The number of hydrogen-bond acceptors (Lipinski definition) is 3. The Kier molecular flexibility index (Phi) is 2.32. The Morgan fingerprint density at radius 2 is 2.00 bits per heavy atom. The maximum Gasteiger partial charge on any atom is 0.319 e. The molecule has 0 aliphatic heterocycles. The highest BCUT2D eigenvalue weighted by atomic mass is 19.1. The number of ketones is 1. The summed E-state index contributed by atoms with van der Waals surface area (Å²) in [5, 5.41) is 0. The largest absolute Gasteiger partial charge is 0.465 e. The lowest BCUT2D eigenvalue weighted by Crippen LogP contribution is -2.54. The summed E-state index contributed by atoms with van der Waals surface area (Å²) in [5.74, 6) is -0.710. The molecule has 0 aromatic heterocycles. The number of alkyl halides is 1. The van der Waals surface area contributed by atoms with E-state index in [1.807, 2.05) is 0 Å². The van der Waals surface area contributed by atoms with E-state index in [4.69, 9.17) is 4.74 Å². The average molecular weight is 214 g/mol. The minimum absolute atomic E-state index is 0.105. The van der Waals surface area contributed by atoms with E-state index in [-0.39, 0.29) is 18.8 Å². The lowest BCUT2D eigenvalue weighted by molar-refractivity contribution is -0.171. The third-order valence-corrected chi connectivity index (χ3v) is 3.68. The molecule has 84 valence electrons. The maximum absolute atomic E-state index is 13.8. The van der Waals surface area contributed by atoms with E-state index >= 15 is 0 Å². The van der Waals surface area contributed by atoms with Gasteiger partial charge >= 0.3 is 5.97 Å². The molecule has 0 saturated heterocycles. The molecule has 0 spiro atoms. The van der Waals surface area contributed by atoms with Crippen molar-refractivity contribution in [3.63, 3.8) is 0 Å².